The molecule has 27 heavy (non-hydrogen) atoms. The average Bonchev–Trinajstić information content (AvgIpc) is 3.13. The molecule has 2 heterocycles. The molecule has 0 saturated heterocycles. The number of hydrogen-bond donors (Lipinski definition) is 1. The Kier molecular flexibility index (Phi) is 5.18. The lowest BCUT2D eigenvalue weighted by Gasteiger charge is -2.24. The number of ether oxygens (including phenoxy) is 2. The number of aromatic nitrogens is 2. The quantitative estimate of drug-likeness (QED) is 0.726. The molecular weight excluding hydrogens is 345 g/mol. The van der Waals surface area contributed by atoms with Gasteiger partial charge in [0.25, 0.3) is 0 Å². The number of imidazole rings is 1. The van der Waals surface area contributed by atoms with Crippen LogP contribution >= 0.6 is 0 Å². The Balaban J connectivity index is 1.37. The molecule has 2 aromatic carbocycles. The first-order valence-corrected chi connectivity index (χ1v) is 8.99. The summed E-state index contributed by atoms with van der Waals surface area (Å²) >= 11 is 0. The Morgan fingerprint density at radius 1 is 1.22 bits per heavy atom. The number of benzene rings is 2. The summed E-state index contributed by atoms with van der Waals surface area (Å²) < 4.78 is 26.9. The second kappa shape index (κ2) is 7.90. The molecule has 0 amide bonds. The third-order valence-corrected chi connectivity index (χ3v) is 4.74. The number of rotatable bonds is 6. The van der Waals surface area contributed by atoms with E-state index in [4.69, 9.17) is 9.47 Å². The van der Waals surface area contributed by atoms with Gasteiger partial charge in [0.15, 0.2) is 0 Å². The van der Waals surface area contributed by atoms with Crippen molar-refractivity contribution in [1.82, 2.24) is 14.9 Å². The van der Waals surface area contributed by atoms with Gasteiger partial charge in [0, 0.05) is 30.4 Å². The van der Waals surface area contributed by atoms with Crippen LogP contribution in [-0.2, 0) is 24.4 Å². The molecule has 0 aliphatic carbocycles. The maximum Gasteiger partial charge on any atom is 0.135 e. The Bertz CT molecular complexity index is 908. The summed E-state index contributed by atoms with van der Waals surface area (Å²) in [5, 5.41) is 3.28. The van der Waals surface area contributed by atoms with Crippen LogP contribution in [0.4, 0.5) is 4.39 Å². The van der Waals surface area contributed by atoms with E-state index in [1.165, 1.54) is 6.07 Å². The standard InChI is InChI=1S/C21H22FN3O2/c1-26-17-8-6-15(7-9-17)20-13-25-12-18(27-14-21(25)24-20)11-23-10-16-4-2-3-5-19(16)22/h2-9,13,18,23H,10-12,14H2,1H3. The highest BCUT2D eigenvalue weighted by Gasteiger charge is 2.21. The van der Waals surface area contributed by atoms with Gasteiger partial charge in [0.1, 0.15) is 24.0 Å². The van der Waals surface area contributed by atoms with E-state index in [9.17, 15) is 4.39 Å². The lowest BCUT2D eigenvalue weighted by molar-refractivity contribution is 0.00275. The largest absolute Gasteiger partial charge is 0.497 e. The molecule has 3 aromatic rings. The average molecular weight is 367 g/mol. The smallest absolute Gasteiger partial charge is 0.135 e. The van der Waals surface area contributed by atoms with Crippen molar-refractivity contribution in [2.24, 2.45) is 0 Å². The van der Waals surface area contributed by atoms with Gasteiger partial charge in [-0.05, 0) is 30.3 Å². The van der Waals surface area contributed by atoms with E-state index in [-0.39, 0.29) is 11.9 Å². The monoisotopic (exact) mass is 367 g/mol. The van der Waals surface area contributed by atoms with Gasteiger partial charge in [-0.25, -0.2) is 9.37 Å². The van der Waals surface area contributed by atoms with Crippen molar-refractivity contribution in [2.75, 3.05) is 13.7 Å². The Hall–Kier alpha value is -2.70. The van der Waals surface area contributed by atoms with E-state index in [2.05, 4.69) is 21.1 Å². The molecule has 0 radical (unpaired) electrons. The highest BCUT2D eigenvalue weighted by atomic mass is 19.1. The van der Waals surface area contributed by atoms with Gasteiger partial charge in [-0.15, -0.1) is 0 Å². The second-order valence-corrected chi connectivity index (χ2v) is 6.58. The van der Waals surface area contributed by atoms with E-state index < -0.39 is 0 Å². The highest BCUT2D eigenvalue weighted by molar-refractivity contribution is 5.59. The van der Waals surface area contributed by atoms with Crippen LogP contribution in [0.1, 0.15) is 11.4 Å². The predicted octanol–water partition coefficient (Wildman–Crippen LogP) is 3.39. The third kappa shape index (κ3) is 4.02. The fourth-order valence-corrected chi connectivity index (χ4v) is 3.23. The van der Waals surface area contributed by atoms with Crippen molar-refractivity contribution in [3.8, 4) is 17.0 Å². The van der Waals surface area contributed by atoms with Gasteiger partial charge in [-0.1, -0.05) is 18.2 Å². The van der Waals surface area contributed by atoms with Crippen molar-refractivity contribution in [3.05, 3.63) is 71.9 Å². The summed E-state index contributed by atoms with van der Waals surface area (Å²) in [5.41, 5.74) is 2.64. The Labute approximate surface area is 157 Å². The minimum Gasteiger partial charge on any atom is -0.497 e. The van der Waals surface area contributed by atoms with Crippen LogP contribution in [0.3, 0.4) is 0 Å². The molecule has 6 heteroatoms. The molecule has 1 N–H and O–H groups in total. The Morgan fingerprint density at radius 2 is 2.04 bits per heavy atom. The van der Waals surface area contributed by atoms with Gasteiger partial charge < -0.3 is 19.4 Å². The molecule has 1 unspecified atom stereocenters. The summed E-state index contributed by atoms with van der Waals surface area (Å²) in [7, 11) is 1.65. The first-order valence-electron chi connectivity index (χ1n) is 8.99. The predicted molar refractivity (Wildman–Crippen MR) is 101 cm³/mol. The molecule has 0 fully saturated rings. The Morgan fingerprint density at radius 3 is 2.81 bits per heavy atom. The number of fused-ring (bicyclic) bond motifs is 1. The molecule has 4 rings (SSSR count). The zero-order valence-corrected chi connectivity index (χ0v) is 15.2. The minimum atomic E-state index is -0.185. The number of nitrogens with one attached hydrogen (secondary N) is 1. The van der Waals surface area contributed by atoms with Crippen LogP contribution in [0.25, 0.3) is 11.3 Å². The lowest BCUT2D eigenvalue weighted by atomic mass is 10.1. The molecule has 1 aliphatic rings. The molecule has 1 aliphatic heterocycles. The topological polar surface area (TPSA) is 48.3 Å². The molecule has 0 bridgehead atoms. The summed E-state index contributed by atoms with van der Waals surface area (Å²) in [4.78, 5) is 4.68. The van der Waals surface area contributed by atoms with Crippen LogP contribution in [0.2, 0.25) is 0 Å². The molecule has 1 atom stereocenters. The zero-order chi connectivity index (χ0) is 18.6. The van der Waals surface area contributed by atoms with Crippen LogP contribution in [0.5, 0.6) is 5.75 Å². The summed E-state index contributed by atoms with van der Waals surface area (Å²) in [6.07, 6.45) is 2.09. The van der Waals surface area contributed by atoms with Gasteiger partial charge in [0.2, 0.25) is 0 Å². The van der Waals surface area contributed by atoms with Gasteiger partial charge >= 0.3 is 0 Å². The van der Waals surface area contributed by atoms with Gasteiger partial charge in [-0.2, -0.15) is 0 Å². The zero-order valence-electron chi connectivity index (χ0n) is 15.2. The van der Waals surface area contributed by atoms with Crippen LogP contribution < -0.4 is 10.1 Å². The third-order valence-electron chi connectivity index (χ3n) is 4.74. The normalized spacial score (nSPS) is 16.1. The number of halogens is 1. The van der Waals surface area contributed by atoms with Gasteiger partial charge in [0.05, 0.1) is 25.5 Å². The van der Waals surface area contributed by atoms with E-state index in [1.807, 2.05) is 30.3 Å². The van der Waals surface area contributed by atoms with E-state index in [0.29, 0.717) is 25.3 Å². The van der Waals surface area contributed by atoms with E-state index in [0.717, 1.165) is 29.4 Å². The second-order valence-electron chi connectivity index (χ2n) is 6.58. The first-order chi connectivity index (χ1) is 13.2. The summed E-state index contributed by atoms with van der Waals surface area (Å²) in [5.74, 6) is 1.56. The maximum atomic E-state index is 13.7. The fraction of sp³-hybridized carbons (Fsp3) is 0.286. The number of nitrogens with zero attached hydrogens (tertiary/aromatic N) is 2. The SMILES string of the molecule is COc1ccc(-c2cn3c(n2)COC(CNCc2ccccc2F)C3)cc1. The van der Waals surface area contributed by atoms with Crippen molar-refractivity contribution < 1.29 is 13.9 Å². The van der Waals surface area contributed by atoms with Crippen molar-refractivity contribution >= 4 is 0 Å². The molecule has 1 aromatic heterocycles. The van der Waals surface area contributed by atoms with E-state index >= 15 is 0 Å². The van der Waals surface area contributed by atoms with Crippen LogP contribution in [0.15, 0.2) is 54.7 Å². The van der Waals surface area contributed by atoms with Crippen LogP contribution in [-0.4, -0.2) is 29.3 Å². The molecule has 5 nitrogen and oxygen atoms in total. The lowest BCUT2D eigenvalue weighted by Crippen LogP contribution is -2.36. The number of hydrogen-bond acceptors (Lipinski definition) is 4. The summed E-state index contributed by atoms with van der Waals surface area (Å²) in [6.45, 7) is 2.34. The van der Waals surface area contributed by atoms with Crippen LogP contribution in [0, 0.1) is 5.82 Å². The van der Waals surface area contributed by atoms with Crippen molar-refractivity contribution in [2.45, 2.75) is 25.8 Å². The van der Waals surface area contributed by atoms with Crippen molar-refractivity contribution in [3.63, 3.8) is 0 Å². The van der Waals surface area contributed by atoms with Crippen molar-refractivity contribution in [1.29, 1.82) is 0 Å². The van der Waals surface area contributed by atoms with Gasteiger partial charge in [-0.3, -0.25) is 0 Å². The molecule has 0 saturated carbocycles. The molecule has 0 spiro atoms. The molecule has 140 valence electrons. The maximum absolute atomic E-state index is 13.7. The number of methoxy groups -OCH3 is 1. The first kappa shape index (κ1) is 17.7. The minimum absolute atomic E-state index is 0.0298. The summed E-state index contributed by atoms with van der Waals surface area (Å²) in [6, 6.07) is 14.7. The van der Waals surface area contributed by atoms with E-state index in [1.54, 1.807) is 19.2 Å². The fourth-order valence-electron chi connectivity index (χ4n) is 3.23. The molecular formula is C21H22FN3O2. The highest BCUT2D eigenvalue weighted by Crippen LogP contribution is 2.24.